The highest BCUT2D eigenvalue weighted by atomic mass is 19.1. The monoisotopic (exact) mass is 250 g/mol. The Bertz CT molecular complexity index is 651. The number of aryl methyl sites for hydroxylation is 1. The number of hydrogen-bond donors (Lipinski definition) is 1. The largest absolute Gasteiger partial charge is 0.476 e. The Morgan fingerprint density at radius 2 is 2.00 bits per heavy atom. The molecule has 0 atom stereocenters. The molecule has 0 aliphatic carbocycles. The summed E-state index contributed by atoms with van der Waals surface area (Å²) < 4.78 is 13.1. The number of alkyl halides is 1. The molecular weight excluding hydrogens is 239 g/mol. The van der Waals surface area contributed by atoms with E-state index >= 15 is 0 Å². The van der Waals surface area contributed by atoms with Crippen LogP contribution in [0.3, 0.4) is 0 Å². The van der Waals surface area contributed by atoms with Gasteiger partial charge >= 0.3 is 5.97 Å². The molecule has 1 aromatic carbocycles. The van der Waals surface area contributed by atoms with Crippen molar-refractivity contribution in [3.63, 3.8) is 0 Å². The first-order valence-corrected chi connectivity index (χ1v) is 5.44. The van der Waals surface area contributed by atoms with E-state index in [1.807, 2.05) is 0 Å². The molecule has 0 saturated carbocycles. The lowest BCUT2D eigenvalue weighted by molar-refractivity contribution is 0.0690. The van der Waals surface area contributed by atoms with E-state index in [2.05, 4.69) is 5.10 Å². The summed E-state index contributed by atoms with van der Waals surface area (Å²) in [6.07, 6.45) is 0.129. The zero-order valence-electron chi connectivity index (χ0n) is 9.47. The van der Waals surface area contributed by atoms with Gasteiger partial charge in [-0.2, -0.15) is 5.10 Å². The van der Waals surface area contributed by atoms with Gasteiger partial charge in [0.05, 0.1) is 12.1 Å². The van der Waals surface area contributed by atoms with Gasteiger partial charge in [0, 0.05) is 11.9 Å². The Kier molecular flexibility index (Phi) is 3.36. The van der Waals surface area contributed by atoms with Crippen LogP contribution in [0, 0.1) is 0 Å². The lowest BCUT2D eigenvalue weighted by Gasteiger charge is -2.07. The van der Waals surface area contributed by atoms with Crippen LogP contribution in [0.2, 0.25) is 0 Å². The third kappa shape index (κ3) is 2.09. The Hall–Kier alpha value is -2.24. The van der Waals surface area contributed by atoms with Gasteiger partial charge in [0.25, 0.3) is 5.56 Å². The van der Waals surface area contributed by atoms with Crippen molar-refractivity contribution in [2.45, 2.75) is 13.0 Å². The molecule has 0 fully saturated rings. The van der Waals surface area contributed by atoms with Gasteiger partial charge < -0.3 is 5.11 Å². The van der Waals surface area contributed by atoms with E-state index in [1.54, 1.807) is 12.1 Å². The van der Waals surface area contributed by atoms with Crippen LogP contribution in [0.4, 0.5) is 4.39 Å². The summed E-state index contributed by atoms with van der Waals surface area (Å²) in [5, 5.41) is 13.4. The van der Waals surface area contributed by atoms with Crippen LogP contribution in [0.25, 0.3) is 10.8 Å². The van der Waals surface area contributed by atoms with Gasteiger partial charge in [0.2, 0.25) is 0 Å². The lowest BCUT2D eigenvalue weighted by Crippen LogP contribution is -2.26. The lowest BCUT2D eigenvalue weighted by atomic mass is 10.1. The zero-order chi connectivity index (χ0) is 13.1. The second kappa shape index (κ2) is 4.95. The predicted octanol–water partition coefficient (Wildman–Crippen LogP) is 1.45. The maximum Gasteiger partial charge on any atom is 0.357 e. The van der Waals surface area contributed by atoms with E-state index in [-0.39, 0.29) is 24.0 Å². The number of nitrogens with zero attached hydrogens (tertiary/aromatic N) is 2. The van der Waals surface area contributed by atoms with Gasteiger partial charge in [-0.05, 0) is 12.5 Å². The highest BCUT2D eigenvalue weighted by molar-refractivity contribution is 6.01. The van der Waals surface area contributed by atoms with Gasteiger partial charge in [0.1, 0.15) is 0 Å². The molecule has 0 radical (unpaired) electrons. The fraction of sp³-hybridized carbons (Fsp3) is 0.250. The third-order valence-electron chi connectivity index (χ3n) is 2.57. The van der Waals surface area contributed by atoms with Gasteiger partial charge in [-0.15, -0.1) is 0 Å². The van der Waals surface area contributed by atoms with Crippen molar-refractivity contribution < 1.29 is 14.3 Å². The third-order valence-corrected chi connectivity index (χ3v) is 2.57. The van der Waals surface area contributed by atoms with Crippen LogP contribution >= 0.6 is 0 Å². The van der Waals surface area contributed by atoms with E-state index in [0.29, 0.717) is 5.39 Å². The molecule has 6 heteroatoms. The number of carbonyl (C=O) groups is 1. The average Bonchev–Trinajstić information content (AvgIpc) is 2.38. The second-order valence-corrected chi connectivity index (χ2v) is 3.77. The number of halogens is 1. The minimum atomic E-state index is -1.21. The molecule has 0 spiro atoms. The van der Waals surface area contributed by atoms with Gasteiger partial charge in [-0.3, -0.25) is 9.18 Å². The van der Waals surface area contributed by atoms with E-state index < -0.39 is 18.2 Å². The SMILES string of the molecule is O=C(O)c1nn(CCCF)c(=O)c2ccccc12. The molecule has 2 rings (SSSR count). The second-order valence-electron chi connectivity index (χ2n) is 3.77. The smallest absolute Gasteiger partial charge is 0.357 e. The maximum absolute atomic E-state index is 12.1. The molecule has 1 aromatic heterocycles. The summed E-state index contributed by atoms with van der Waals surface area (Å²) in [6, 6.07) is 6.36. The number of aromatic nitrogens is 2. The van der Waals surface area contributed by atoms with Crippen molar-refractivity contribution >= 4 is 16.7 Å². The van der Waals surface area contributed by atoms with Crippen LogP contribution in [-0.2, 0) is 6.54 Å². The van der Waals surface area contributed by atoms with Crippen LogP contribution in [-0.4, -0.2) is 27.5 Å². The average molecular weight is 250 g/mol. The number of aromatic carboxylic acids is 1. The van der Waals surface area contributed by atoms with E-state index in [9.17, 15) is 14.0 Å². The Balaban J connectivity index is 2.71. The van der Waals surface area contributed by atoms with E-state index in [1.165, 1.54) is 12.1 Å². The summed E-state index contributed by atoms with van der Waals surface area (Å²) in [7, 11) is 0. The first-order valence-electron chi connectivity index (χ1n) is 5.44. The molecule has 0 bridgehead atoms. The van der Waals surface area contributed by atoms with E-state index in [0.717, 1.165) is 4.68 Å². The Morgan fingerprint density at radius 1 is 1.33 bits per heavy atom. The summed E-state index contributed by atoms with van der Waals surface area (Å²) in [5.74, 6) is -1.21. The Labute approximate surface area is 101 Å². The fourth-order valence-electron chi connectivity index (χ4n) is 1.75. The van der Waals surface area contributed by atoms with Crippen molar-refractivity contribution in [1.29, 1.82) is 0 Å². The molecule has 18 heavy (non-hydrogen) atoms. The number of carboxylic acid groups (broad SMARTS) is 1. The first-order chi connectivity index (χ1) is 8.65. The number of carboxylic acids is 1. The fourth-order valence-corrected chi connectivity index (χ4v) is 1.75. The van der Waals surface area contributed by atoms with Crippen molar-refractivity contribution in [2.24, 2.45) is 0 Å². The van der Waals surface area contributed by atoms with Crippen LogP contribution in [0.1, 0.15) is 16.9 Å². The van der Waals surface area contributed by atoms with Crippen LogP contribution < -0.4 is 5.56 Å². The molecule has 2 aromatic rings. The summed E-state index contributed by atoms with van der Waals surface area (Å²) in [5.41, 5.74) is -0.590. The molecule has 0 aliphatic rings. The van der Waals surface area contributed by atoms with Crippen LogP contribution in [0.5, 0.6) is 0 Å². The molecule has 5 nitrogen and oxygen atoms in total. The predicted molar refractivity (Wildman–Crippen MR) is 63.6 cm³/mol. The Morgan fingerprint density at radius 3 is 2.61 bits per heavy atom. The van der Waals surface area contributed by atoms with Crippen molar-refractivity contribution in [1.82, 2.24) is 9.78 Å². The normalized spacial score (nSPS) is 10.7. The minimum absolute atomic E-state index is 0.0699. The first kappa shape index (κ1) is 12.2. The molecular formula is C12H11FN2O3. The number of hydrogen-bond acceptors (Lipinski definition) is 3. The topological polar surface area (TPSA) is 72.2 Å². The van der Waals surface area contributed by atoms with Crippen molar-refractivity contribution in [3.8, 4) is 0 Å². The minimum Gasteiger partial charge on any atom is -0.476 e. The highest BCUT2D eigenvalue weighted by Crippen LogP contribution is 2.13. The van der Waals surface area contributed by atoms with Gasteiger partial charge in [-0.25, -0.2) is 9.48 Å². The molecule has 94 valence electrons. The summed E-state index contributed by atoms with van der Waals surface area (Å²) in [6.45, 7) is -0.510. The van der Waals surface area contributed by atoms with Crippen LogP contribution in [0.15, 0.2) is 29.1 Å². The van der Waals surface area contributed by atoms with Gasteiger partial charge in [0.15, 0.2) is 5.69 Å². The number of rotatable bonds is 4. The molecule has 1 N–H and O–H groups in total. The summed E-state index contributed by atoms with van der Waals surface area (Å²) >= 11 is 0. The van der Waals surface area contributed by atoms with Crippen molar-refractivity contribution in [3.05, 3.63) is 40.3 Å². The standard InChI is InChI=1S/C12H11FN2O3/c13-6-3-7-15-11(16)9-5-2-1-4-8(9)10(14-15)12(17)18/h1-2,4-5H,3,6-7H2,(H,17,18). The molecule has 1 heterocycles. The molecule has 0 amide bonds. The molecule has 0 aliphatic heterocycles. The van der Waals surface area contributed by atoms with Gasteiger partial charge in [-0.1, -0.05) is 18.2 Å². The number of fused-ring (bicyclic) bond motifs is 1. The number of benzene rings is 1. The highest BCUT2D eigenvalue weighted by Gasteiger charge is 2.15. The maximum atomic E-state index is 12.1. The molecule has 0 unspecified atom stereocenters. The van der Waals surface area contributed by atoms with Crippen molar-refractivity contribution in [2.75, 3.05) is 6.67 Å². The van der Waals surface area contributed by atoms with E-state index in [4.69, 9.17) is 5.11 Å². The zero-order valence-corrected chi connectivity index (χ0v) is 9.47. The molecule has 0 saturated heterocycles. The summed E-state index contributed by atoms with van der Waals surface area (Å²) in [4.78, 5) is 23.1. The quantitative estimate of drug-likeness (QED) is 0.891.